The molecule has 7 nitrogen and oxygen atoms in total. The minimum absolute atomic E-state index is 0. The molecule has 2 amide bonds. The molecular weight excluding hydrogens is 390 g/mol. The van der Waals surface area contributed by atoms with Gasteiger partial charge >= 0.3 is 0 Å². The van der Waals surface area contributed by atoms with Crippen molar-refractivity contribution in [1.82, 2.24) is 10.6 Å². The predicted octanol–water partition coefficient (Wildman–Crippen LogP) is 2.40. The van der Waals surface area contributed by atoms with Gasteiger partial charge in [-0.3, -0.25) is 9.59 Å². The molecule has 1 atom stereocenters. The van der Waals surface area contributed by atoms with E-state index in [1.54, 1.807) is 37.6 Å². The quantitative estimate of drug-likeness (QED) is 0.419. The molecule has 1 aliphatic carbocycles. The highest BCUT2D eigenvalue weighted by atomic mass is 32.1. The van der Waals surface area contributed by atoms with Gasteiger partial charge in [0.25, 0.3) is 5.91 Å². The van der Waals surface area contributed by atoms with Crippen LogP contribution in [0.2, 0.25) is 0 Å². The highest BCUT2D eigenvalue weighted by Gasteiger charge is 2.34. The Morgan fingerprint density at radius 2 is 1.55 bits per heavy atom. The molecular formula is C21H41N3O4S. The van der Waals surface area contributed by atoms with Crippen molar-refractivity contribution in [1.29, 1.82) is 0 Å². The Balaban J connectivity index is -0.000000884. The van der Waals surface area contributed by atoms with Gasteiger partial charge in [0.1, 0.15) is 6.04 Å². The van der Waals surface area contributed by atoms with E-state index in [4.69, 9.17) is 5.73 Å². The number of nitrogen functional groups attached to an aromatic ring is 1. The summed E-state index contributed by atoms with van der Waals surface area (Å²) in [5, 5.41) is 5.51. The minimum atomic E-state index is -0.502. The summed E-state index contributed by atoms with van der Waals surface area (Å²) in [5.41, 5.74) is 6.88. The van der Waals surface area contributed by atoms with Gasteiger partial charge < -0.3 is 27.3 Å². The number of thiol groups is 1. The maximum atomic E-state index is 12.3. The zero-order valence-electron chi connectivity index (χ0n) is 18.5. The van der Waals surface area contributed by atoms with Gasteiger partial charge in [0, 0.05) is 18.3 Å². The lowest BCUT2D eigenvalue weighted by molar-refractivity contribution is -0.123. The molecule has 1 fully saturated rings. The fourth-order valence-corrected chi connectivity index (χ4v) is 3.19. The third-order valence-corrected chi connectivity index (χ3v) is 4.55. The summed E-state index contributed by atoms with van der Waals surface area (Å²) < 4.78 is 0. The Kier molecular flexibility index (Phi) is 18.8. The zero-order chi connectivity index (χ0) is 20.9. The van der Waals surface area contributed by atoms with Crippen LogP contribution in [0.15, 0.2) is 24.3 Å². The van der Waals surface area contributed by atoms with Crippen molar-refractivity contribution >= 4 is 30.1 Å². The van der Waals surface area contributed by atoms with Crippen LogP contribution in [0.1, 0.15) is 69.7 Å². The highest BCUT2D eigenvalue weighted by Crippen LogP contribution is 2.41. The van der Waals surface area contributed by atoms with E-state index in [1.807, 2.05) is 0 Å². The Hall–Kier alpha value is -1.77. The number of amides is 2. The van der Waals surface area contributed by atoms with E-state index < -0.39 is 6.04 Å². The first-order valence-electron chi connectivity index (χ1n) is 9.68. The van der Waals surface area contributed by atoms with E-state index in [0.717, 1.165) is 12.8 Å². The topological polar surface area (TPSA) is 147 Å². The van der Waals surface area contributed by atoms with Crippen molar-refractivity contribution in [2.45, 2.75) is 65.3 Å². The number of carbonyl (C=O) groups excluding carboxylic acids is 2. The second-order valence-electron chi connectivity index (χ2n) is 7.19. The number of carbonyl (C=O) groups is 2. The smallest absolute Gasteiger partial charge is 0.251 e. The molecule has 8 N–H and O–H groups in total. The number of anilines is 1. The summed E-state index contributed by atoms with van der Waals surface area (Å²) >= 11 is 3.53. The lowest BCUT2D eigenvalue weighted by Gasteiger charge is -2.29. The van der Waals surface area contributed by atoms with Crippen LogP contribution in [-0.4, -0.2) is 42.1 Å². The van der Waals surface area contributed by atoms with Gasteiger partial charge in [-0.25, -0.2) is 0 Å². The summed E-state index contributed by atoms with van der Waals surface area (Å²) in [6.07, 6.45) is 8.23. The van der Waals surface area contributed by atoms with Crippen LogP contribution < -0.4 is 16.4 Å². The van der Waals surface area contributed by atoms with Crippen LogP contribution in [0, 0.1) is 5.41 Å². The average molecular weight is 432 g/mol. The molecule has 1 saturated carbocycles. The zero-order valence-corrected chi connectivity index (χ0v) is 19.4. The number of nitrogens with one attached hydrogen (secondary N) is 2. The summed E-state index contributed by atoms with van der Waals surface area (Å²) in [5.74, 6) is -0.382. The standard InChI is InChI=1S/C17H25N3O2.C3H8.CH4S.2H2O/c1-17(9-3-4-10-17)11-14(16(22)19-2)20-15(21)12-5-7-13(18)8-6-12;1-3-2;1-2;;/h5-8,14H,3-4,9-11,18H2,1-2H3,(H,19,22)(H,20,21);3H2,1-2H3;2H,1H3;2*1H2/t14-;;;;/m0..../s1. The molecule has 0 unspecified atom stereocenters. The normalized spacial score (nSPS) is 14.3. The van der Waals surface area contributed by atoms with Crippen LogP contribution in [0.4, 0.5) is 5.69 Å². The monoisotopic (exact) mass is 431 g/mol. The number of rotatable bonds is 5. The Morgan fingerprint density at radius 1 is 1.10 bits per heavy atom. The minimum Gasteiger partial charge on any atom is -0.412 e. The highest BCUT2D eigenvalue weighted by molar-refractivity contribution is 7.79. The average Bonchev–Trinajstić information content (AvgIpc) is 3.09. The van der Waals surface area contributed by atoms with Crippen LogP contribution in [0.5, 0.6) is 0 Å². The first kappa shape index (κ1) is 31.9. The van der Waals surface area contributed by atoms with Crippen LogP contribution in [0.25, 0.3) is 0 Å². The Labute approximate surface area is 181 Å². The predicted molar refractivity (Wildman–Crippen MR) is 125 cm³/mol. The van der Waals surface area contributed by atoms with Gasteiger partial charge in [-0.05, 0) is 55.2 Å². The summed E-state index contributed by atoms with van der Waals surface area (Å²) in [4.78, 5) is 24.5. The number of benzene rings is 1. The number of hydrogen-bond acceptors (Lipinski definition) is 4. The fraction of sp³-hybridized carbons (Fsp3) is 0.619. The molecule has 8 heteroatoms. The summed E-state index contributed by atoms with van der Waals surface area (Å²) in [7, 11) is 1.60. The fourth-order valence-electron chi connectivity index (χ4n) is 3.19. The van der Waals surface area contributed by atoms with E-state index in [2.05, 4.69) is 44.0 Å². The molecule has 0 saturated heterocycles. The Bertz CT molecular complexity index is 562. The van der Waals surface area contributed by atoms with Crippen LogP contribution >= 0.6 is 12.6 Å². The number of hydrogen-bond donors (Lipinski definition) is 4. The maximum absolute atomic E-state index is 12.3. The molecule has 0 aromatic heterocycles. The van der Waals surface area contributed by atoms with Gasteiger partial charge in [0.05, 0.1) is 0 Å². The molecule has 0 aliphatic heterocycles. The number of likely N-dealkylation sites (N-methyl/N-ethyl adjacent to an activating group) is 1. The van der Waals surface area contributed by atoms with Crippen LogP contribution in [-0.2, 0) is 4.79 Å². The largest absolute Gasteiger partial charge is 0.412 e. The van der Waals surface area contributed by atoms with Gasteiger partial charge in [0.15, 0.2) is 0 Å². The molecule has 1 aromatic rings. The van der Waals surface area contributed by atoms with E-state index >= 15 is 0 Å². The molecule has 170 valence electrons. The van der Waals surface area contributed by atoms with Crippen molar-refractivity contribution in [3.05, 3.63) is 29.8 Å². The second-order valence-corrected chi connectivity index (χ2v) is 7.19. The first-order chi connectivity index (χ1) is 12.8. The molecule has 0 bridgehead atoms. The molecule has 0 heterocycles. The molecule has 1 aliphatic rings. The Morgan fingerprint density at radius 3 is 1.97 bits per heavy atom. The molecule has 1 aromatic carbocycles. The third-order valence-electron chi connectivity index (χ3n) is 4.55. The van der Waals surface area contributed by atoms with Crippen LogP contribution in [0.3, 0.4) is 0 Å². The van der Waals surface area contributed by atoms with E-state index in [1.165, 1.54) is 19.3 Å². The van der Waals surface area contributed by atoms with E-state index in [0.29, 0.717) is 17.7 Å². The molecule has 0 spiro atoms. The maximum Gasteiger partial charge on any atom is 0.251 e. The van der Waals surface area contributed by atoms with E-state index in [9.17, 15) is 9.59 Å². The van der Waals surface area contributed by atoms with Gasteiger partial charge in [-0.1, -0.05) is 40.0 Å². The van der Waals surface area contributed by atoms with Crippen molar-refractivity contribution in [3.63, 3.8) is 0 Å². The second kappa shape index (κ2) is 17.1. The van der Waals surface area contributed by atoms with Crippen molar-refractivity contribution < 1.29 is 20.5 Å². The van der Waals surface area contributed by atoms with Crippen molar-refractivity contribution in [2.75, 3.05) is 19.0 Å². The molecule has 0 radical (unpaired) electrons. The third kappa shape index (κ3) is 11.7. The number of nitrogens with two attached hydrogens (primary N) is 1. The SMILES string of the molecule is CCC.CNC(=O)[C@H](CC1(C)CCCC1)NC(=O)c1ccc(N)cc1.CS.O.O. The first-order valence-corrected chi connectivity index (χ1v) is 10.6. The van der Waals surface area contributed by atoms with Crippen molar-refractivity contribution in [3.8, 4) is 0 Å². The summed E-state index contributed by atoms with van der Waals surface area (Å²) in [6, 6.07) is 6.20. The lowest BCUT2D eigenvalue weighted by Crippen LogP contribution is -2.47. The van der Waals surface area contributed by atoms with Crippen molar-refractivity contribution in [2.24, 2.45) is 5.41 Å². The van der Waals surface area contributed by atoms with E-state index in [-0.39, 0.29) is 28.2 Å². The van der Waals surface area contributed by atoms with Gasteiger partial charge in [-0.15, -0.1) is 0 Å². The van der Waals surface area contributed by atoms with Gasteiger partial charge in [-0.2, -0.15) is 12.6 Å². The summed E-state index contributed by atoms with van der Waals surface area (Å²) in [6.45, 7) is 6.45. The van der Waals surface area contributed by atoms with Gasteiger partial charge in [0.2, 0.25) is 5.91 Å². The lowest BCUT2D eigenvalue weighted by atomic mass is 9.81. The molecule has 29 heavy (non-hydrogen) atoms. The molecule has 2 rings (SSSR count).